The van der Waals surface area contributed by atoms with Crippen LogP contribution in [0.3, 0.4) is 0 Å². The Kier molecular flexibility index (Phi) is 9.68. The molecule has 3 nitrogen and oxygen atoms in total. The van der Waals surface area contributed by atoms with Crippen molar-refractivity contribution in [3.63, 3.8) is 0 Å². The van der Waals surface area contributed by atoms with E-state index in [1.165, 1.54) is 0 Å². The monoisotopic (exact) mass is 120 g/mol. The van der Waals surface area contributed by atoms with Crippen molar-refractivity contribution in [3.8, 4) is 0 Å². The SMILES string of the molecule is O=S(O)CO.[Mg]. The molecular formula is CH4MgO3S. The lowest BCUT2D eigenvalue weighted by atomic mass is 11.7. The molecule has 1 atom stereocenters. The molecule has 34 valence electrons. The highest BCUT2D eigenvalue weighted by molar-refractivity contribution is 7.78. The van der Waals surface area contributed by atoms with Crippen LogP contribution in [0.2, 0.25) is 0 Å². The van der Waals surface area contributed by atoms with E-state index >= 15 is 0 Å². The van der Waals surface area contributed by atoms with Crippen molar-refractivity contribution in [1.29, 1.82) is 0 Å². The fourth-order valence-corrected chi connectivity index (χ4v) is 0. The van der Waals surface area contributed by atoms with Crippen molar-refractivity contribution in [1.82, 2.24) is 0 Å². The van der Waals surface area contributed by atoms with Crippen LogP contribution in [0.4, 0.5) is 0 Å². The predicted octanol–water partition coefficient (Wildman–Crippen LogP) is -1.22. The number of rotatable bonds is 1. The lowest BCUT2D eigenvalue weighted by molar-refractivity contribution is 0.354. The fraction of sp³-hybridized carbons (Fsp3) is 1.00. The van der Waals surface area contributed by atoms with Gasteiger partial charge in [0.2, 0.25) is 0 Å². The van der Waals surface area contributed by atoms with Gasteiger partial charge in [0.25, 0.3) is 0 Å². The lowest BCUT2D eigenvalue weighted by Gasteiger charge is -1.73. The first-order valence-corrected chi connectivity index (χ1v) is 2.23. The van der Waals surface area contributed by atoms with E-state index in [0.717, 1.165) is 0 Å². The second kappa shape index (κ2) is 5.84. The third kappa shape index (κ3) is 8.85. The van der Waals surface area contributed by atoms with E-state index in [9.17, 15) is 4.21 Å². The van der Waals surface area contributed by atoms with Gasteiger partial charge in [-0.1, -0.05) is 0 Å². The van der Waals surface area contributed by atoms with Gasteiger partial charge in [0.1, 0.15) is 5.94 Å². The van der Waals surface area contributed by atoms with Crippen molar-refractivity contribution in [2.45, 2.75) is 0 Å². The van der Waals surface area contributed by atoms with Crippen molar-refractivity contribution in [2.24, 2.45) is 0 Å². The summed E-state index contributed by atoms with van der Waals surface area (Å²) in [5.74, 6) is -0.667. The van der Waals surface area contributed by atoms with E-state index in [2.05, 4.69) is 0 Å². The number of aliphatic hydroxyl groups excluding tert-OH is 1. The highest BCUT2D eigenvalue weighted by Gasteiger charge is 1.77. The Labute approximate surface area is 54.2 Å². The van der Waals surface area contributed by atoms with E-state index in [1.807, 2.05) is 0 Å². The van der Waals surface area contributed by atoms with Crippen LogP contribution in [-0.4, -0.2) is 42.9 Å². The Hall–Kier alpha value is 0.836. The Morgan fingerprint density at radius 1 is 1.67 bits per heavy atom. The molecule has 2 radical (unpaired) electrons. The molecule has 0 rings (SSSR count). The molecule has 0 aromatic heterocycles. The summed E-state index contributed by atoms with van der Waals surface area (Å²) in [5, 5.41) is 7.59. The number of aliphatic hydroxyl groups is 1. The summed E-state index contributed by atoms with van der Waals surface area (Å²) in [6, 6.07) is 0. The molecule has 5 heteroatoms. The first-order chi connectivity index (χ1) is 2.27. The molecule has 0 spiro atoms. The van der Waals surface area contributed by atoms with Gasteiger partial charge in [-0.3, -0.25) is 0 Å². The molecule has 0 aliphatic carbocycles. The largest absolute Gasteiger partial charge is 0.381 e. The van der Waals surface area contributed by atoms with Crippen molar-refractivity contribution < 1.29 is 13.9 Å². The molecule has 0 amide bonds. The van der Waals surface area contributed by atoms with Gasteiger partial charge in [0.15, 0.2) is 11.1 Å². The highest BCUT2D eigenvalue weighted by Crippen LogP contribution is 1.59. The van der Waals surface area contributed by atoms with Crippen molar-refractivity contribution in [3.05, 3.63) is 0 Å². The quantitative estimate of drug-likeness (QED) is 0.337. The molecule has 0 heterocycles. The van der Waals surface area contributed by atoms with E-state index < -0.39 is 17.0 Å². The lowest BCUT2D eigenvalue weighted by Crippen LogP contribution is -1.89. The smallest absolute Gasteiger partial charge is 0.179 e. The average Bonchev–Trinajstić information content (AvgIpc) is 1.38. The van der Waals surface area contributed by atoms with Crippen LogP contribution in [0.5, 0.6) is 0 Å². The van der Waals surface area contributed by atoms with E-state index in [0.29, 0.717) is 0 Å². The highest BCUT2D eigenvalue weighted by atomic mass is 32.2. The Morgan fingerprint density at radius 2 is 1.83 bits per heavy atom. The maximum absolute atomic E-state index is 9.23. The minimum Gasteiger partial charge on any atom is -0.381 e. The molecule has 2 N–H and O–H groups in total. The maximum atomic E-state index is 9.23. The first-order valence-electron chi connectivity index (χ1n) is 0.954. The summed E-state index contributed by atoms with van der Waals surface area (Å²) in [6.45, 7) is 0. The zero-order valence-electron chi connectivity index (χ0n) is 3.13. The Morgan fingerprint density at radius 3 is 1.83 bits per heavy atom. The summed E-state index contributed by atoms with van der Waals surface area (Å²) in [4.78, 5) is 0. The summed E-state index contributed by atoms with van der Waals surface area (Å²) in [5.41, 5.74) is 0. The molecule has 1 unspecified atom stereocenters. The minimum atomic E-state index is -2.02. The maximum Gasteiger partial charge on any atom is 0.179 e. The van der Waals surface area contributed by atoms with Gasteiger partial charge in [0, 0.05) is 23.1 Å². The van der Waals surface area contributed by atoms with Gasteiger partial charge < -0.3 is 9.66 Å². The summed E-state index contributed by atoms with van der Waals surface area (Å²) in [7, 11) is 0. The third-order valence-electron chi connectivity index (χ3n) is 0.110. The average molecular weight is 120 g/mol. The van der Waals surface area contributed by atoms with Crippen LogP contribution in [-0.2, 0) is 11.1 Å². The van der Waals surface area contributed by atoms with Gasteiger partial charge >= 0.3 is 0 Å². The second-order valence-electron chi connectivity index (χ2n) is 0.451. The van der Waals surface area contributed by atoms with Gasteiger partial charge in [-0.15, -0.1) is 0 Å². The van der Waals surface area contributed by atoms with E-state index in [-0.39, 0.29) is 23.1 Å². The number of hydrogen-bond acceptors (Lipinski definition) is 2. The zero-order chi connectivity index (χ0) is 4.28. The molecule has 0 aromatic carbocycles. The third-order valence-corrected chi connectivity index (χ3v) is 0.331. The van der Waals surface area contributed by atoms with Crippen LogP contribution in [0, 0.1) is 0 Å². The Bertz CT molecular complexity index is 46.1. The topological polar surface area (TPSA) is 57.5 Å². The van der Waals surface area contributed by atoms with Gasteiger partial charge in [-0.05, 0) is 0 Å². The first kappa shape index (κ1) is 9.96. The molecule has 6 heavy (non-hydrogen) atoms. The van der Waals surface area contributed by atoms with Crippen molar-refractivity contribution in [2.75, 3.05) is 5.94 Å². The molecule has 0 fully saturated rings. The molecular weight excluding hydrogens is 116 g/mol. The second-order valence-corrected chi connectivity index (χ2v) is 1.35. The predicted molar refractivity (Wildman–Crippen MR) is 23.6 cm³/mol. The van der Waals surface area contributed by atoms with Crippen LogP contribution in [0.25, 0.3) is 0 Å². The van der Waals surface area contributed by atoms with Gasteiger partial charge in [-0.2, -0.15) is 0 Å². The molecule has 0 saturated carbocycles. The fourth-order valence-electron chi connectivity index (χ4n) is 0. The summed E-state index contributed by atoms with van der Waals surface area (Å²) >= 11 is -2.02. The van der Waals surface area contributed by atoms with Gasteiger partial charge in [0.05, 0.1) is 0 Å². The molecule has 0 bridgehead atoms. The van der Waals surface area contributed by atoms with Crippen LogP contribution in [0.15, 0.2) is 0 Å². The van der Waals surface area contributed by atoms with Gasteiger partial charge in [-0.25, -0.2) is 4.21 Å². The summed E-state index contributed by atoms with van der Waals surface area (Å²) < 4.78 is 16.8. The van der Waals surface area contributed by atoms with Crippen molar-refractivity contribution >= 4 is 34.1 Å². The molecule has 0 aromatic rings. The molecule has 0 saturated heterocycles. The normalized spacial score (nSPS) is 12.3. The van der Waals surface area contributed by atoms with E-state index in [1.54, 1.807) is 0 Å². The molecule has 0 aliphatic rings. The zero-order valence-corrected chi connectivity index (χ0v) is 5.36. The summed E-state index contributed by atoms with van der Waals surface area (Å²) in [6.07, 6.45) is 0. The minimum absolute atomic E-state index is 0. The molecule has 0 aliphatic heterocycles. The Balaban J connectivity index is 0. The number of hydrogen-bond donors (Lipinski definition) is 2. The van der Waals surface area contributed by atoms with Crippen LogP contribution >= 0.6 is 0 Å². The van der Waals surface area contributed by atoms with E-state index in [4.69, 9.17) is 9.66 Å². The van der Waals surface area contributed by atoms with Crippen LogP contribution in [0.1, 0.15) is 0 Å². The van der Waals surface area contributed by atoms with Crippen LogP contribution < -0.4 is 0 Å². The standard InChI is InChI=1S/CH4O3S.Mg/c2-1-5(3)4;/h2H,1H2,(H,3,4);.